The van der Waals surface area contributed by atoms with Crippen molar-refractivity contribution in [1.82, 2.24) is 9.88 Å². The monoisotopic (exact) mass is 305 g/mol. The van der Waals surface area contributed by atoms with E-state index in [-0.39, 0.29) is 0 Å². The van der Waals surface area contributed by atoms with Crippen molar-refractivity contribution >= 4 is 11.4 Å². The zero-order valence-corrected chi connectivity index (χ0v) is 13.1. The van der Waals surface area contributed by atoms with E-state index in [1.807, 2.05) is 0 Å². The highest BCUT2D eigenvalue weighted by Gasteiger charge is 2.20. The summed E-state index contributed by atoms with van der Waals surface area (Å²) in [4.78, 5) is 9.00. The number of likely N-dealkylation sites (N-methyl/N-ethyl adjacent to an activating group) is 1. The fourth-order valence-corrected chi connectivity index (χ4v) is 3.11. The van der Waals surface area contributed by atoms with Crippen molar-refractivity contribution in [2.45, 2.75) is 6.54 Å². The lowest BCUT2D eigenvalue weighted by Gasteiger charge is -2.25. The molecule has 2 aromatic carbocycles. The minimum Gasteiger partial charge on any atom is -0.445 e. The summed E-state index contributed by atoms with van der Waals surface area (Å²) in [5, 5.41) is 0. The quantitative estimate of drug-likeness (QED) is 0.718. The van der Waals surface area contributed by atoms with E-state index in [2.05, 4.69) is 70.4 Å². The number of fused-ring (bicyclic) bond motifs is 1. The van der Waals surface area contributed by atoms with Crippen LogP contribution in [0.1, 0.15) is 5.56 Å². The van der Waals surface area contributed by atoms with Gasteiger partial charge >= 0.3 is 0 Å². The molecule has 0 amide bonds. The number of benzene rings is 2. The van der Waals surface area contributed by atoms with E-state index in [4.69, 9.17) is 4.42 Å². The molecule has 3 aromatic rings. The summed E-state index contributed by atoms with van der Waals surface area (Å²) in [6.45, 7) is 2.93. The Labute approximate surface area is 136 Å². The van der Waals surface area contributed by atoms with Gasteiger partial charge in [0, 0.05) is 36.6 Å². The average Bonchev–Trinajstić information content (AvgIpc) is 3.06. The largest absolute Gasteiger partial charge is 0.445 e. The van der Waals surface area contributed by atoms with Crippen LogP contribution in [0.4, 0.5) is 11.4 Å². The van der Waals surface area contributed by atoms with Crippen molar-refractivity contribution in [2.24, 2.45) is 0 Å². The lowest BCUT2D eigenvalue weighted by atomic mass is 10.1. The van der Waals surface area contributed by atoms with Crippen molar-refractivity contribution in [3.8, 4) is 11.5 Å². The molecule has 0 bridgehead atoms. The predicted octanol–water partition coefficient (Wildman–Crippen LogP) is 3.93. The third-order valence-electron chi connectivity index (χ3n) is 4.26. The van der Waals surface area contributed by atoms with Crippen LogP contribution in [0.25, 0.3) is 11.5 Å². The van der Waals surface area contributed by atoms with Crippen LogP contribution in [-0.4, -0.2) is 30.0 Å². The van der Waals surface area contributed by atoms with E-state index in [0.29, 0.717) is 5.89 Å². The fourth-order valence-electron chi connectivity index (χ4n) is 3.11. The SMILES string of the molecule is CN1CCN(c2ccccc2)c2ccc(-c3ncco3)cc2C1. The molecule has 0 aliphatic carbocycles. The number of rotatable bonds is 2. The van der Waals surface area contributed by atoms with Gasteiger partial charge in [0.15, 0.2) is 0 Å². The molecule has 2 heterocycles. The number of aromatic nitrogens is 1. The lowest BCUT2D eigenvalue weighted by Crippen LogP contribution is -2.26. The predicted molar refractivity (Wildman–Crippen MR) is 91.7 cm³/mol. The molecular weight excluding hydrogens is 286 g/mol. The molecule has 0 radical (unpaired) electrons. The molecule has 0 unspecified atom stereocenters. The molecule has 4 nitrogen and oxygen atoms in total. The summed E-state index contributed by atoms with van der Waals surface area (Å²) in [6, 6.07) is 17.0. The second kappa shape index (κ2) is 5.89. The zero-order chi connectivity index (χ0) is 15.6. The van der Waals surface area contributed by atoms with E-state index < -0.39 is 0 Å². The van der Waals surface area contributed by atoms with Gasteiger partial charge in [0.2, 0.25) is 5.89 Å². The molecule has 1 aromatic heterocycles. The van der Waals surface area contributed by atoms with Gasteiger partial charge < -0.3 is 14.2 Å². The van der Waals surface area contributed by atoms with Crippen molar-refractivity contribution in [1.29, 1.82) is 0 Å². The van der Waals surface area contributed by atoms with Crippen LogP contribution >= 0.6 is 0 Å². The number of oxazole rings is 1. The second-order valence-corrected chi connectivity index (χ2v) is 5.91. The summed E-state index contributed by atoms with van der Waals surface area (Å²) in [6.07, 6.45) is 3.30. The topological polar surface area (TPSA) is 32.5 Å². The van der Waals surface area contributed by atoms with Crippen molar-refractivity contribution in [3.63, 3.8) is 0 Å². The summed E-state index contributed by atoms with van der Waals surface area (Å²) in [5.74, 6) is 0.672. The Kier molecular flexibility index (Phi) is 3.60. The highest BCUT2D eigenvalue weighted by Crippen LogP contribution is 2.33. The van der Waals surface area contributed by atoms with Crippen LogP contribution < -0.4 is 4.90 Å². The normalized spacial score (nSPS) is 15.3. The molecule has 0 saturated carbocycles. The molecule has 1 aliphatic rings. The molecule has 0 fully saturated rings. The van der Waals surface area contributed by atoms with Gasteiger partial charge in [-0.25, -0.2) is 4.98 Å². The van der Waals surface area contributed by atoms with E-state index in [0.717, 1.165) is 25.2 Å². The van der Waals surface area contributed by atoms with Crippen molar-refractivity contribution in [3.05, 3.63) is 66.6 Å². The fraction of sp³-hybridized carbons (Fsp3) is 0.211. The maximum atomic E-state index is 5.44. The molecule has 0 spiro atoms. The lowest BCUT2D eigenvalue weighted by molar-refractivity contribution is 0.343. The first-order valence-electron chi connectivity index (χ1n) is 7.85. The van der Waals surface area contributed by atoms with Crippen molar-refractivity contribution < 1.29 is 4.42 Å². The van der Waals surface area contributed by atoms with Crippen molar-refractivity contribution in [2.75, 3.05) is 25.0 Å². The van der Waals surface area contributed by atoms with E-state index >= 15 is 0 Å². The molecular formula is C19H19N3O. The summed E-state index contributed by atoms with van der Waals surface area (Å²) in [7, 11) is 2.16. The minimum atomic E-state index is 0.672. The highest BCUT2D eigenvalue weighted by atomic mass is 16.3. The summed E-state index contributed by atoms with van der Waals surface area (Å²) >= 11 is 0. The maximum Gasteiger partial charge on any atom is 0.225 e. The van der Waals surface area contributed by atoms with Gasteiger partial charge in [0.25, 0.3) is 0 Å². The first-order valence-corrected chi connectivity index (χ1v) is 7.85. The highest BCUT2D eigenvalue weighted by molar-refractivity contribution is 5.70. The van der Waals surface area contributed by atoms with Gasteiger partial charge in [-0.05, 0) is 42.9 Å². The standard InChI is InChI=1S/C19H19N3O/c1-21-10-11-22(17-5-3-2-4-6-17)18-8-7-15(13-16(18)14-21)19-20-9-12-23-19/h2-9,12-13H,10-11,14H2,1H3. The number of para-hydroxylation sites is 1. The zero-order valence-electron chi connectivity index (χ0n) is 13.1. The van der Waals surface area contributed by atoms with Crippen LogP contribution in [0, 0.1) is 0 Å². The van der Waals surface area contributed by atoms with Gasteiger partial charge in [0.05, 0.1) is 6.20 Å². The van der Waals surface area contributed by atoms with Crippen LogP contribution in [0.3, 0.4) is 0 Å². The van der Waals surface area contributed by atoms with E-state index in [1.54, 1.807) is 12.5 Å². The molecule has 0 saturated heterocycles. The number of anilines is 2. The van der Waals surface area contributed by atoms with E-state index in [1.165, 1.54) is 16.9 Å². The van der Waals surface area contributed by atoms with E-state index in [9.17, 15) is 0 Å². The van der Waals surface area contributed by atoms with Gasteiger partial charge in [-0.15, -0.1) is 0 Å². The van der Waals surface area contributed by atoms with Gasteiger partial charge in [-0.2, -0.15) is 0 Å². The van der Waals surface area contributed by atoms with Gasteiger partial charge in [-0.3, -0.25) is 0 Å². The Hall–Kier alpha value is -2.59. The first-order chi connectivity index (χ1) is 11.3. The van der Waals surface area contributed by atoms with Crippen LogP contribution in [0.2, 0.25) is 0 Å². The first kappa shape index (κ1) is 14.0. The molecule has 0 atom stereocenters. The number of nitrogens with zero attached hydrogens (tertiary/aromatic N) is 3. The number of hydrogen-bond acceptors (Lipinski definition) is 4. The molecule has 4 heteroatoms. The van der Waals surface area contributed by atoms with Crippen LogP contribution in [0.15, 0.2) is 65.4 Å². The third-order valence-corrected chi connectivity index (χ3v) is 4.26. The molecule has 4 rings (SSSR count). The Balaban J connectivity index is 1.79. The smallest absolute Gasteiger partial charge is 0.225 e. The Bertz CT molecular complexity index is 784. The molecule has 116 valence electrons. The number of hydrogen-bond donors (Lipinski definition) is 0. The van der Waals surface area contributed by atoms with Gasteiger partial charge in [-0.1, -0.05) is 18.2 Å². The van der Waals surface area contributed by atoms with Crippen LogP contribution in [0.5, 0.6) is 0 Å². The molecule has 0 N–H and O–H groups in total. The summed E-state index contributed by atoms with van der Waals surface area (Å²) < 4.78 is 5.44. The molecule has 23 heavy (non-hydrogen) atoms. The molecule has 1 aliphatic heterocycles. The Morgan fingerprint density at radius 3 is 2.70 bits per heavy atom. The third kappa shape index (κ3) is 2.73. The second-order valence-electron chi connectivity index (χ2n) is 5.91. The van der Waals surface area contributed by atoms with Gasteiger partial charge in [0.1, 0.15) is 6.26 Å². The maximum absolute atomic E-state index is 5.44. The Morgan fingerprint density at radius 2 is 1.91 bits per heavy atom. The van der Waals surface area contributed by atoms with Crippen LogP contribution in [-0.2, 0) is 6.54 Å². The average molecular weight is 305 g/mol. The minimum absolute atomic E-state index is 0.672. The summed E-state index contributed by atoms with van der Waals surface area (Å²) in [5.41, 5.74) is 4.81. The Morgan fingerprint density at radius 1 is 1.04 bits per heavy atom.